The third-order valence-corrected chi connectivity index (χ3v) is 1.46. The van der Waals surface area contributed by atoms with Crippen LogP contribution in [-0.2, 0) is 9.59 Å². The smallest absolute Gasteiger partial charge is 0.325 e. The van der Waals surface area contributed by atoms with Crippen molar-refractivity contribution in [3.05, 3.63) is 12.2 Å². The Hall–Kier alpha value is -2.68. The number of carboxylic acid groups (broad SMARTS) is 1. The summed E-state index contributed by atoms with van der Waals surface area (Å²) in [6.45, 7) is 1.23. The molecule has 18 heavy (non-hydrogen) atoms. The maximum Gasteiger partial charge on any atom is 0.325 e. The standard InChI is InChI=1S/C13H11NO4/c1-11(13(17)18)14-12(16)9-7-5-3-2-4-6-8-10-15/h6,8,11,15H,10H2,1H3,(H,14,16)(H,17,18)/b8-6+/t11-/m1/s1. The predicted molar refractivity (Wildman–Crippen MR) is 64.8 cm³/mol. The normalized spacial score (nSPS) is 9.89. The molecule has 3 N–H and O–H groups in total. The van der Waals surface area contributed by atoms with E-state index in [0.717, 1.165) is 0 Å². The second kappa shape index (κ2) is 9.54. The van der Waals surface area contributed by atoms with Gasteiger partial charge in [-0.25, -0.2) is 0 Å². The zero-order chi connectivity index (χ0) is 13.8. The Labute approximate surface area is 105 Å². The van der Waals surface area contributed by atoms with Gasteiger partial charge in [-0.3, -0.25) is 9.59 Å². The van der Waals surface area contributed by atoms with Crippen LogP contribution in [0.1, 0.15) is 6.92 Å². The average Bonchev–Trinajstić information content (AvgIpc) is 2.32. The topological polar surface area (TPSA) is 86.6 Å². The minimum absolute atomic E-state index is 0.0934. The minimum Gasteiger partial charge on any atom is -0.480 e. The Morgan fingerprint density at radius 2 is 1.94 bits per heavy atom. The van der Waals surface area contributed by atoms with E-state index in [1.54, 1.807) is 0 Å². The summed E-state index contributed by atoms with van der Waals surface area (Å²) in [5.41, 5.74) is 0. The number of allylic oxidation sites excluding steroid dienone is 1. The second-order valence-corrected chi connectivity index (χ2v) is 2.89. The highest BCUT2D eigenvalue weighted by molar-refractivity contribution is 5.96. The number of nitrogens with one attached hydrogen (secondary N) is 1. The summed E-state index contributed by atoms with van der Waals surface area (Å²) in [5.74, 6) is 12.1. The highest BCUT2D eigenvalue weighted by atomic mass is 16.4. The van der Waals surface area contributed by atoms with Gasteiger partial charge in [-0.05, 0) is 36.7 Å². The summed E-state index contributed by atoms with van der Waals surface area (Å²) in [7, 11) is 0. The number of carbonyl (C=O) groups excluding carboxylic acids is 1. The minimum atomic E-state index is -1.14. The summed E-state index contributed by atoms with van der Waals surface area (Å²) in [6, 6.07) is -0.997. The van der Waals surface area contributed by atoms with Gasteiger partial charge in [-0.15, -0.1) is 0 Å². The highest BCUT2D eigenvalue weighted by Gasteiger charge is 2.11. The molecule has 0 aliphatic rings. The van der Waals surface area contributed by atoms with Gasteiger partial charge >= 0.3 is 5.97 Å². The number of amides is 1. The molecule has 0 aromatic heterocycles. The molecule has 0 rings (SSSR count). The number of aliphatic hydroxyl groups excluding tert-OH is 1. The number of carbonyl (C=O) groups is 2. The van der Waals surface area contributed by atoms with Crippen LogP contribution in [-0.4, -0.2) is 34.7 Å². The van der Waals surface area contributed by atoms with E-state index in [1.165, 1.54) is 19.1 Å². The lowest BCUT2D eigenvalue weighted by Crippen LogP contribution is -2.37. The van der Waals surface area contributed by atoms with E-state index in [2.05, 4.69) is 40.8 Å². The summed E-state index contributed by atoms with van der Waals surface area (Å²) in [4.78, 5) is 21.4. The molecule has 0 aliphatic heterocycles. The van der Waals surface area contributed by atoms with E-state index in [1.807, 2.05) is 0 Å². The van der Waals surface area contributed by atoms with Gasteiger partial charge in [0.05, 0.1) is 6.61 Å². The van der Waals surface area contributed by atoms with Gasteiger partial charge in [0.2, 0.25) is 0 Å². The molecule has 0 aromatic carbocycles. The van der Waals surface area contributed by atoms with E-state index >= 15 is 0 Å². The Morgan fingerprint density at radius 1 is 1.28 bits per heavy atom. The maximum atomic E-state index is 11.0. The first kappa shape index (κ1) is 15.3. The van der Waals surface area contributed by atoms with Gasteiger partial charge in [0, 0.05) is 5.92 Å². The zero-order valence-electron chi connectivity index (χ0n) is 9.65. The summed E-state index contributed by atoms with van der Waals surface area (Å²) in [5, 5.41) is 19.0. The number of rotatable bonds is 3. The molecule has 1 amide bonds. The Bertz CT molecular complexity index is 514. The molecule has 0 heterocycles. The van der Waals surface area contributed by atoms with Crippen molar-refractivity contribution < 1.29 is 19.8 Å². The molecule has 5 heteroatoms. The zero-order valence-corrected chi connectivity index (χ0v) is 9.65. The van der Waals surface area contributed by atoms with Crippen LogP contribution in [0.15, 0.2) is 12.2 Å². The first-order valence-corrected chi connectivity index (χ1v) is 4.88. The molecular weight excluding hydrogens is 234 g/mol. The van der Waals surface area contributed by atoms with Crippen LogP contribution in [0.25, 0.3) is 0 Å². The molecule has 5 nitrogen and oxygen atoms in total. The number of hydrogen-bond donors (Lipinski definition) is 3. The largest absolute Gasteiger partial charge is 0.480 e. The van der Waals surface area contributed by atoms with E-state index in [4.69, 9.17) is 10.2 Å². The van der Waals surface area contributed by atoms with Gasteiger partial charge in [-0.2, -0.15) is 0 Å². The molecule has 92 valence electrons. The molecular formula is C13H11NO4. The summed E-state index contributed by atoms with van der Waals surface area (Å²) < 4.78 is 0. The predicted octanol–water partition coefficient (Wildman–Crippen LogP) is -0.866. The van der Waals surface area contributed by atoms with Gasteiger partial charge in [0.1, 0.15) is 6.04 Å². The van der Waals surface area contributed by atoms with Gasteiger partial charge in [0.25, 0.3) is 5.91 Å². The fraction of sp³-hybridized carbons (Fsp3) is 0.231. The van der Waals surface area contributed by atoms with E-state index in [-0.39, 0.29) is 6.61 Å². The van der Waals surface area contributed by atoms with Crippen molar-refractivity contribution in [1.29, 1.82) is 0 Å². The molecule has 1 atom stereocenters. The van der Waals surface area contributed by atoms with Crippen molar-refractivity contribution in [3.63, 3.8) is 0 Å². The van der Waals surface area contributed by atoms with Crippen molar-refractivity contribution in [1.82, 2.24) is 5.32 Å². The molecule has 0 bridgehead atoms. The van der Waals surface area contributed by atoms with Crippen molar-refractivity contribution in [2.45, 2.75) is 13.0 Å². The van der Waals surface area contributed by atoms with Crippen molar-refractivity contribution in [2.75, 3.05) is 6.61 Å². The van der Waals surface area contributed by atoms with Crippen molar-refractivity contribution in [2.24, 2.45) is 0 Å². The lowest BCUT2D eigenvalue weighted by molar-refractivity contribution is -0.140. The van der Waals surface area contributed by atoms with Crippen LogP contribution >= 0.6 is 0 Å². The maximum absolute atomic E-state index is 11.0. The lowest BCUT2D eigenvalue weighted by Gasteiger charge is -2.03. The summed E-state index contributed by atoms with van der Waals surface area (Å²) in [6.07, 6.45) is 2.88. The fourth-order valence-electron chi connectivity index (χ4n) is 0.634. The van der Waals surface area contributed by atoms with Crippen LogP contribution in [0.5, 0.6) is 0 Å². The van der Waals surface area contributed by atoms with E-state index < -0.39 is 17.9 Å². The van der Waals surface area contributed by atoms with Gasteiger partial charge in [0.15, 0.2) is 0 Å². The molecule has 0 unspecified atom stereocenters. The number of aliphatic carboxylic acids is 1. The Morgan fingerprint density at radius 3 is 2.56 bits per heavy atom. The molecule has 0 fully saturated rings. The monoisotopic (exact) mass is 245 g/mol. The quantitative estimate of drug-likeness (QED) is 0.564. The van der Waals surface area contributed by atoms with Crippen LogP contribution in [0, 0.1) is 35.5 Å². The molecule has 0 aliphatic carbocycles. The van der Waals surface area contributed by atoms with Gasteiger partial charge in [-0.1, -0.05) is 12.0 Å². The Balaban J connectivity index is 4.22. The molecule has 0 saturated heterocycles. The summed E-state index contributed by atoms with van der Waals surface area (Å²) >= 11 is 0. The average molecular weight is 245 g/mol. The molecule has 0 radical (unpaired) electrons. The van der Waals surface area contributed by atoms with Crippen molar-refractivity contribution in [3.8, 4) is 35.5 Å². The van der Waals surface area contributed by atoms with Crippen LogP contribution in [0.4, 0.5) is 0 Å². The van der Waals surface area contributed by atoms with Crippen molar-refractivity contribution >= 4 is 11.9 Å². The number of carboxylic acids is 1. The highest BCUT2D eigenvalue weighted by Crippen LogP contribution is 1.79. The SMILES string of the molecule is C[C@@H](NC(=O)C#CC#CC#C/C=C/CO)C(=O)O. The molecule has 0 aromatic rings. The van der Waals surface area contributed by atoms with Crippen LogP contribution in [0.3, 0.4) is 0 Å². The second-order valence-electron chi connectivity index (χ2n) is 2.89. The molecule has 0 saturated carbocycles. The van der Waals surface area contributed by atoms with Crippen LogP contribution < -0.4 is 5.32 Å². The first-order valence-electron chi connectivity index (χ1n) is 4.88. The number of hydrogen-bond acceptors (Lipinski definition) is 3. The van der Waals surface area contributed by atoms with E-state index in [0.29, 0.717) is 0 Å². The number of aliphatic hydroxyl groups is 1. The fourth-order valence-corrected chi connectivity index (χ4v) is 0.634. The van der Waals surface area contributed by atoms with Gasteiger partial charge < -0.3 is 15.5 Å². The lowest BCUT2D eigenvalue weighted by atomic mass is 10.3. The molecule has 0 spiro atoms. The third-order valence-electron chi connectivity index (χ3n) is 1.46. The Kier molecular flexibility index (Phi) is 8.12. The third kappa shape index (κ3) is 8.61. The first-order chi connectivity index (χ1) is 8.57. The van der Waals surface area contributed by atoms with E-state index in [9.17, 15) is 9.59 Å². The van der Waals surface area contributed by atoms with Crippen LogP contribution in [0.2, 0.25) is 0 Å².